The monoisotopic (exact) mass is 356 g/mol. The zero-order chi connectivity index (χ0) is 18.5. The van der Waals surface area contributed by atoms with Crippen molar-refractivity contribution in [2.24, 2.45) is 5.73 Å². The van der Waals surface area contributed by atoms with Gasteiger partial charge in [-0.25, -0.2) is 4.98 Å². The Morgan fingerprint density at radius 3 is 2.69 bits per heavy atom. The first kappa shape index (κ1) is 18.1. The molecule has 1 fully saturated rings. The lowest BCUT2D eigenvalue weighted by molar-refractivity contribution is -0.137. The van der Waals surface area contributed by atoms with Crippen LogP contribution in [-0.4, -0.2) is 39.3 Å². The molecule has 1 aromatic heterocycles. The molecule has 0 unspecified atom stereocenters. The van der Waals surface area contributed by atoms with Gasteiger partial charge in [-0.2, -0.15) is 0 Å². The highest BCUT2D eigenvalue weighted by Gasteiger charge is 2.27. The van der Waals surface area contributed by atoms with E-state index in [-0.39, 0.29) is 24.1 Å². The van der Waals surface area contributed by atoms with Crippen molar-refractivity contribution < 1.29 is 9.59 Å². The summed E-state index contributed by atoms with van der Waals surface area (Å²) in [7, 11) is 0. The van der Waals surface area contributed by atoms with Crippen molar-refractivity contribution in [1.82, 2.24) is 14.9 Å². The Hall–Kier alpha value is -2.70. The number of aromatic amines is 1. The zero-order valence-corrected chi connectivity index (χ0v) is 14.7. The highest BCUT2D eigenvalue weighted by Crippen LogP contribution is 2.24. The Labute approximate surface area is 151 Å². The molecule has 1 aliphatic carbocycles. The average molecular weight is 356 g/mol. The fraction of sp³-hybridized carbons (Fsp3) is 0.474. The molecule has 3 rings (SSSR count). The van der Waals surface area contributed by atoms with Gasteiger partial charge in [0, 0.05) is 18.9 Å². The summed E-state index contributed by atoms with van der Waals surface area (Å²) >= 11 is 0. The number of benzene rings is 1. The number of carbonyl (C=O) groups is 2. The van der Waals surface area contributed by atoms with E-state index in [4.69, 9.17) is 5.73 Å². The van der Waals surface area contributed by atoms with E-state index in [1.165, 1.54) is 0 Å². The second-order valence-corrected chi connectivity index (χ2v) is 6.81. The highest BCUT2D eigenvalue weighted by atomic mass is 16.2. The number of rotatable bonds is 7. The van der Waals surface area contributed by atoms with Gasteiger partial charge in [0.2, 0.25) is 11.8 Å². The third-order valence-corrected chi connectivity index (χ3v) is 4.88. The van der Waals surface area contributed by atoms with Crippen LogP contribution in [0.5, 0.6) is 0 Å². The van der Waals surface area contributed by atoms with Gasteiger partial charge >= 0.3 is 0 Å². The van der Waals surface area contributed by atoms with Crippen molar-refractivity contribution in [3.63, 3.8) is 0 Å². The fourth-order valence-electron chi connectivity index (χ4n) is 3.61. The van der Waals surface area contributed by atoms with E-state index in [2.05, 4.69) is 9.97 Å². The first-order chi connectivity index (χ1) is 12.5. The van der Waals surface area contributed by atoms with Crippen molar-refractivity contribution >= 4 is 22.7 Å². The number of carbonyl (C=O) groups excluding carboxylic acids is 2. The van der Waals surface area contributed by atoms with Crippen LogP contribution in [0.15, 0.2) is 29.1 Å². The second kappa shape index (κ2) is 8.12. The first-order valence-corrected chi connectivity index (χ1v) is 9.10. The molecule has 26 heavy (non-hydrogen) atoms. The number of H-pyrrole nitrogens is 1. The summed E-state index contributed by atoms with van der Waals surface area (Å²) < 4.78 is 0. The molecule has 0 radical (unpaired) electrons. The topological polar surface area (TPSA) is 109 Å². The van der Waals surface area contributed by atoms with Crippen LogP contribution in [0.4, 0.5) is 0 Å². The van der Waals surface area contributed by atoms with Crippen molar-refractivity contribution in [2.75, 3.05) is 6.54 Å². The van der Waals surface area contributed by atoms with E-state index < -0.39 is 5.91 Å². The maximum absolute atomic E-state index is 12.6. The molecule has 0 spiro atoms. The van der Waals surface area contributed by atoms with E-state index in [0.29, 0.717) is 36.0 Å². The molecular formula is C19H24N4O3. The summed E-state index contributed by atoms with van der Waals surface area (Å²) in [5.41, 5.74) is 5.79. The molecule has 1 aliphatic rings. The summed E-state index contributed by atoms with van der Waals surface area (Å²) in [5.74, 6) is 0.0356. The Kier molecular flexibility index (Phi) is 5.65. The van der Waals surface area contributed by atoms with Crippen LogP contribution in [0.25, 0.3) is 10.9 Å². The number of primary amides is 1. The molecule has 1 aromatic carbocycles. The summed E-state index contributed by atoms with van der Waals surface area (Å²) in [4.78, 5) is 44.8. The first-order valence-electron chi connectivity index (χ1n) is 9.10. The number of nitrogens with two attached hydrogens (primary N) is 1. The molecule has 0 bridgehead atoms. The number of aromatic nitrogens is 2. The predicted molar refractivity (Wildman–Crippen MR) is 98.5 cm³/mol. The standard InChI is InChI=1S/C19H24N4O3/c20-16(24)12-23(13-6-1-2-7-13)18(25)11-5-10-17-21-15-9-4-3-8-14(15)19(26)22-17/h3-4,8-9,13H,1-2,5-7,10-12H2,(H2,20,24)(H,21,22,26). The van der Waals surface area contributed by atoms with E-state index in [1.54, 1.807) is 23.1 Å². The number of fused-ring (bicyclic) bond motifs is 1. The van der Waals surface area contributed by atoms with Gasteiger partial charge in [0.1, 0.15) is 5.82 Å². The number of para-hydroxylation sites is 1. The third kappa shape index (κ3) is 4.28. The van der Waals surface area contributed by atoms with Crippen molar-refractivity contribution in [2.45, 2.75) is 51.0 Å². The molecule has 3 N–H and O–H groups in total. The molecule has 2 amide bonds. The Morgan fingerprint density at radius 1 is 1.23 bits per heavy atom. The summed E-state index contributed by atoms with van der Waals surface area (Å²) in [6.07, 6.45) is 5.38. The maximum Gasteiger partial charge on any atom is 0.258 e. The lowest BCUT2D eigenvalue weighted by Crippen LogP contribution is -2.44. The molecule has 7 nitrogen and oxygen atoms in total. The molecule has 0 aliphatic heterocycles. The lowest BCUT2D eigenvalue weighted by atomic mass is 10.1. The van der Waals surface area contributed by atoms with Crippen LogP contribution >= 0.6 is 0 Å². The lowest BCUT2D eigenvalue weighted by Gasteiger charge is -2.27. The predicted octanol–water partition coefficient (Wildman–Crippen LogP) is 1.50. The van der Waals surface area contributed by atoms with Crippen LogP contribution in [0.3, 0.4) is 0 Å². The number of aryl methyl sites for hydroxylation is 1. The Balaban J connectivity index is 1.61. The van der Waals surface area contributed by atoms with E-state index in [1.807, 2.05) is 6.07 Å². The van der Waals surface area contributed by atoms with E-state index >= 15 is 0 Å². The molecule has 1 heterocycles. The minimum Gasteiger partial charge on any atom is -0.368 e. The van der Waals surface area contributed by atoms with Gasteiger partial charge in [0.05, 0.1) is 17.4 Å². The Morgan fingerprint density at radius 2 is 1.96 bits per heavy atom. The Bertz CT molecular complexity index is 855. The van der Waals surface area contributed by atoms with Gasteiger partial charge in [-0.05, 0) is 31.4 Å². The van der Waals surface area contributed by atoms with Crippen LogP contribution in [0.2, 0.25) is 0 Å². The smallest absolute Gasteiger partial charge is 0.258 e. The fourth-order valence-corrected chi connectivity index (χ4v) is 3.61. The molecule has 0 atom stereocenters. The van der Waals surface area contributed by atoms with Gasteiger partial charge in [0.25, 0.3) is 5.56 Å². The molecule has 2 aromatic rings. The van der Waals surface area contributed by atoms with E-state index in [9.17, 15) is 14.4 Å². The molecule has 0 saturated heterocycles. The van der Waals surface area contributed by atoms with Crippen LogP contribution in [0.1, 0.15) is 44.3 Å². The summed E-state index contributed by atoms with van der Waals surface area (Å²) in [6.45, 7) is -0.0193. The van der Waals surface area contributed by atoms with Crippen LogP contribution in [-0.2, 0) is 16.0 Å². The van der Waals surface area contributed by atoms with Gasteiger partial charge < -0.3 is 15.6 Å². The second-order valence-electron chi connectivity index (χ2n) is 6.81. The van der Waals surface area contributed by atoms with Gasteiger partial charge in [0.15, 0.2) is 0 Å². The quantitative estimate of drug-likeness (QED) is 0.783. The largest absolute Gasteiger partial charge is 0.368 e. The van der Waals surface area contributed by atoms with Crippen LogP contribution in [0, 0.1) is 0 Å². The number of hydrogen-bond donors (Lipinski definition) is 2. The molecule has 1 saturated carbocycles. The molecule has 7 heteroatoms. The number of hydrogen-bond acceptors (Lipinski definition) is 4. The minimum absolute atomic E-state index is 0.0193. The van der Waals surface area contributed by atoms with Crippen molar-refractivity contribution in [3.05, 3.63) is 40.4 Å². The highest BCUT2D eigenvalue weighted by molar-refractivity contribution is 5.84. The van der Waals surface area contributed by atoms with Crippen LogP contribution < -0.4 is 11.3 Å². The van der Waals surface area contributed by atoms with Gasteiger partial charge in [-0.15, -0.1) is 0 Å². The SMILES string of the molecule is NC(=O)CN(C(=O)CCCc1nc2ccccc2c(=O)[nH]1)C1CCCC1. The van der Waals surface area contributed by atoms with Gasteiger partial charge in [-0.1, -0.05) is 25.0 Å². The maximum atomic E-state index is 12.6. The van der Waals surface area contributed by atoms with Crippen molar-refractivity contribution in [3.8, 4) is 0 Å². The number of amides is 2. The van der Waals surface area contributed by atoms with Crippen molar-refractivity contribution in [1.29, 1.82) is 0 Å². The van der Waals surface area contributed by atoms with Gasteiger partial charge in [-0.3, -0.25) is 14.4 Å². The van der Waals surface area contributed by atoms with E-state index in [0.717, 1.165) is 25.7 Å². The molecule has 138 valence electrons. The third-order valence-electron chi connectivity index (χ3n) is 4.88. The summed E-state index contributed by atoms with van der Waals surface area (Å²) in [6, 6.07) is 7.29. The normalized spacial score (nSPS) is 14.6. The number of nitrogens with one attached hydrogen (secondary N) is 1. The molecular weight excluding hydrogens is 332 g/mol. The summed E-state index contributed by atoms with van der Waals surface area (Å²) in [5, 5.41) is 0.557. The zero-order valence-electron chi connectivity index (χ0n) is 14.7. The number of nitrogens with zero attached hydrogens (tertiary/aromatic N) is 2. The average Bonchev–Trinajstić information content (AvgIpc) is 3.14. The minimum atomic E-state index is -0.481.